The van der Waals surface area contributed by atoms with Gasteiger partial charge in [0.1, 0.15) is 0 Å². The zero-order chi connectivity index (χ0) is 10.9. The maximum Gasteiger partial charge on any atom is 0.0850 e. The number of rotatable bonds is 1. The van der Waals surface area contributed by atoms with E-state index < -0.39 is 5.60 Å². The van der Waals surface area contributed by atoms with Crippen molar-refractivity contribution in [2.45, 2.75) is 70.4 Å². The van der Waals surface area contributed by atoms with Gasteiger partial charge in [-0.3, -0.25) is 0 Å². The molecule has 0 amide bonds. The molecule has 2 nitrogen and oxygen atoms in total. The molecule has 2 rings (SSSR count). The van der Waals surface area contributed by atoms with Gasteiger partial charge in [-0.15, -0.1) is 0 Å². The molecule has 15 heavy (non-hydrogen) atoms. The Bertz CT molecular complexity index is 219. The molecular weight excluding hydrogens is 186 g/mol. The Morgan fingerprint density at radius 3 is 2.53 bits per heavy atom. The quantitative estimate of drug-likeness (QED) is 0.698. The zero-order valence-electron chi connectivity index (χ0n) is 10.2. The van der Waals surface area contributed by atoms with Gasteiger partial charge in [-0.2, -0.15) is 0 Å². The maximum absolute atomic E-state index is 10.9. The third-order valence-corrected chi connectivity index (χ3v) is 4.67. The minimum atomic E-state index is -0.461. The summed E-state index contributed by atoms with van der Waals surface area (Å²) in [7, 11) is 0. The van der Waals surface area contributed by atoms with Crippen LogP contribution in [0.15, 0.2) is 0 Å². The first-order valence-electron chi connectivity index (χ1n) is 6.52. The summed E-state index contributed by atoms with van der Waals surface area (Å²) < 4.78 is 0. The van der Waals surface area contributed by atoms with Crippen molar-refractivity contribution in [3.05, 3.63) is 0 Å². The van der Waals surface area contributed by atoms with Gasteiger partial charge in [-0.25, -0.2) is 0 Å². The lowest BCUT2D eigenvalue weighted by Gasteiger charge is -2.43. The average Bonchev–Trinajstić information content (AvgIpc) is 2.45. The van der Waals surface area contributed by atoms with E-state index in [1.807, 2.05) is 0 Å². The van der Waals surface area contributed by atoms with Crippen LogP contribution in [0.25, 0.3) is 0 Å². The molecule has 2 unspecified atom stereocenters. The van der Waals surface area contributed by atoms with Crippen molar-refractivity contribution in [3.63, 3.8) is 0 Å². The van der Waals surface area contributed by atoms with Crippen molar-refractivity contribution in [1.29, 1.82) is 0 Å². The fraction of sp³-hybridized carbons (Fsp3) is 1.00. The Kier molecular flexibility index (Phi) is 3.09. The lowest BCUT2D eigenvalue weighted by Crippen LogP contribution is -2.56. The standard InChI is InChI=1S/C13H25NO/c1-12(2)8-6-9-13(12,15)11-7-4-3-5-10-14-11/h11,14-15H,3-10H2,1-2H3. The Balaban J connectivity index is 2.12. The molecular formula is C13H25NO. The molecule has 0 spiro atoms. The summed E-state index contributed by atoms with van der Waals surface area (Å²) in [5.74, 6) is 0. The van der Waals surface area contributed by atoms with Crippen LogP contribution >= 0.6 is 0 Å². The average molecular weight is 211 g/mol. The maximum atomic E-state index is 10.9. The fourth-order valence-corrected chi connectivity index (χ4v) is 3.44. The second-order valence-electron chi connectivity index (χ2n) is 6.02. The normalized spacial score (nSPS) is 41.4. The van der Waals surface area contributed by atoms with E-state index >= 15 is 0 Å². The Hall–Kier alpha value is -0.0800. The molecule has 0 radical (unpaired) electrons. The Labute approximate surface area is 93.5 Å². The second kappa shape index (κ2) is 4.06. The lowest BCUT2D eigenvalue weighted by atomic mass is 9.72. The summed E-state index contributed by atoms with van der Waals surface area (Å²) in [6, 6.07) is 0.331. The summed E-state index contributed by atoms with van der Waals surface area (Å²) in [5, 5.41) is 14.5. The molecule has 0 bridgehead atoms. The van der Waals surface area contributed by atoms with Crippen molar-refractivity contribution in [2.75, 3.05) is 6.54 Å². The molecule has 2 atom stereocenters. The summed E-state index contributed by atoms with van der Waals surface area (Å²) in [6.45, 7) is 5.54. The van der Waals surface area contributed by atoms with E-state index in [0.717, 1.165) is 19.4 Å². The third-order valence-electron chi connectivity index (χ3n) is 4.67. The van der Waals surface area contributed by atoms with Gasteiger partial charge in [0.05, 0.1) is 5.60 Å². The van der Waals surface area contributed by atoms with Crippen LogP contribution in [-0.2, 0) is 0 Å². The van der Waals surface area contributed by atoms with Crippen molar-refractivity contribution in [3.8, 4) is 0 Å². The minimum Gasteiger partial charge on any atom is -0.388 e. The van der Waals surface area contributed by atoms with Crippen LogP contribution in [0, 0.1) is 5.41 Å². The number of aliphatic hydroxyl groups is 1. The van der Waals surface area contributed by atoms with Crippen molar-refractivity contribution >= 4 is 0 Å². The molecule has 1 saturated heterocycles. The van der Waals surface area contributed by atoms with E-state index in [4.69, 9.17) is 0 Å². The predicted molar refractivity (Wildman–Crippen MR) is 62.8 cm³/mol. The largest absolute Gasteiger partial charge is 0.388 e. The van der Waals surface area contributed by atoms with Gasteiger partial charge in [-0.1, -0.05) is 26.7 Å². The summed E-state index contributed by atoms with van der Waals surface area (Å²) in [5.41, 5.74) is -0.369. The van der Waals surface area contributed by atoms with E-state index in [9.17, 15) is 5.11 Å². The van der Waals surface area contributed by atoms with E-state index in [1.54, 1.807) is 0 Å². The van der Waals surface area contributed by atoms with Crippen LogP contribution in [0.3, 0.4) is 0 Å². The topological polar surface area (TPSA) is 32.3 Å². The van der Waals surface area contributed by atoms with Gasteiger partial charge in [0, 0.05) is 6.04 Å². The molecule has 1 heterocycles. The molecule has 88 valence electrons. The first-order chi connectivity index (χ1) is 7.06. The SMILES string of the molecule is CC1(C)CCCC1(O)C1CCCCCN1. The minimum absolute atomic E-state index is 0.0923. The van der Waals surface area contributed by atoms with Gasteiger partial charge >= 0.3 is 0 Å². The summed E-state index contributed by atoms with van der Waals surface area (Å²) >= 11 is 0. The molecule has 2 N–H and O–H groups in total. The van der Waals surface area contributed by atoms with Gasteiger partial charge in [-0.05, 0) is 44.1 Å². The second-order valence-corrected chi connectivity index (χ2v) is 6.02. The van der Waals surface area contributed by atoms with Gasteiger partial charge < -0.3 is 10.4 Å². The highest BCUT2D eigenvalue weighted by molar-refractivity contribution is 5.06. The molecule has 0 aromatic rings. The predicted octanol–water partition coefficient (Wildman–Crippen LogP) is 2.46. The van der Waals surface area contributed by atoms with Crippen LogP contribution < -0.4 is 5.32 Å². The fourth-order valence-electron chi connectivity index (χ4n) is 3.44. The number of hydrogen-bond donors (Lipinski definition) is 2. The van der Waals surface area contributed by atoms with E-state index in [0.29, 0.717) is 6.04 Å². The molecule has 2 aliphatic rings. The summed E-state index contributed by atoms with van der Waals surface area (Å²) in [4.78, 5) is 0. The summed E-state index contributed by atoms with van der Waals surface area (Å²) in [6.07, 6.45) is 8.35. The number of hydrogen-bond acceptors (Lipinski definition) is 2. The Morgan fingerprint density at radius 1 is 1.07 bits per heavy atom. The van der Waals surface area contributed by atoms with E-state index in [2.05, 4.69) is 19.2 Å². The zero-order valence-corrected chi connectivity index (χ0v) is 10.2. The van der Waals surface area contributed by atoms with Gasteiger partial charge in [0.15, 0.2) is 0 Å². The van der Waals surface area contributed by atoms with Crippen LogP contribution in [0.1, 0.15) is 58.8 Å². The molecule has 1 aliphatic carbocycles. The molecule has 1 aliphatic heterocycles. The van der Waals surface area contributed by atoms with Crippen molar-refractivity contribution in [2.24, 2.45) is 5.41 Å². The molecule has 0 aromatic carbocycles. The lowest BCUT2D eigenvalue weighted by molar-refractivity contribution is -0.0737. The van der Waals surface area contributed by atoms with Gasteiger partial charge in [0.2, 0.25) is 0 Å². The van der Waals surface area contributed by atoms with Crippen LogP contribution in [0.4, 0.5) is 0 Å². The van der Waals surface area contributed by atoms with Crippen LogP contribution in [0.5, 0.6) is 0 Å². The Morgan fingerprint density at radius 2 is 1.87 bits per heavy atom. The van der Waals surface area contributed by atoms with Crippen molar-refractivity contribution < 1.29 is 5.11 Å². The van der Waals surface area contributed by atoms with E-state index in [-0.39, 0.29) is 5.41 Å². The molecule has 0 aromatic heterocycles. The molecule has 2 heteroatoms. The molecule has 1 saturated carbocycles. The van der Waals surface area contributed by atoms with E-state index in [1.165, 1.54) is 32.1 Å². The molecule has 2 fully saturated rings. The monoisotopic (exact) mass is 211 g/mol. The highest BCUT2D eigenvalue weighted by Crippen LogP contribution is 2.48. The highest BCUT2D eigenvalue weighted by atomic mass is 16.3. The highest BCUT2D eigenvalue weighted by Gasteiger charge is 2.51. The van der Waals surface area contributed by atoms with Gasteiger partial charge in [0.25, 0.3) is 0 Å². The van der Waals surface area contributed by atoms with Crippen LogP contribution in [0.2, 0.25) is 0 Å². The third kappa shape index (κ3) is 1.94. The van der Waals surface area contributed by atoms with Crippen molar-refractivity contribution in [1.82, 2.24) is 5.32 Å². The van der Waals surface area contributed by atoms with Crippen LogP contribution in [-0.4, -0.2) is 23.3 Å². The number of nitrogens with one attached hydrogen (secondary N) is 1. The first-order valence-corrected chi connectivity index (χ1v) is 6.52. The first kappa shape index (κ1) is 11.4. The smallest absolute Gasteiger partial charge is 0.0850 e.